The zero-order chi connectivity index (χ0) is 18.1. The second kappa shape index (κ2) is 7.09. The van der Waals surface area contributed by atoms with Crippen molar-refractivity contribution in [3.63, 3.8) is 0 Å². The third-order valence-corrected chi connectivity index (χ3v) is 5.16. The molecule has 0 spiro atoms. The predicted molar refractivity (Wildman–Crippen MR) is 97.4 cm³/mol. The van der Waals surface area contributed by atoms with Crippen LogP contribution in [0.4, 0.5) is 5.95 Å². The maximum Gasteiger partial charge on any atom is 0.231 e. The number of fused-ring (bicyclic) bond motifs is 1. The van der Waals surface area contributed by atoms with Crippen LogP contribution >= 0.6 is 0 Å². The van der Waals surface area contributed by atoms with Crippen molar-refractivity contribution in [2.24, 2.45) is 0 Å². The van der Waals surface area contributed by atoms with Gasteiger partial charge in [0.2, 0.25) is 12.7 Å². The zero-order valence-electron chi connectivity index (χ0n) is 15.1. The number of hydrogen-bond donors (Lipinski definition) is 1. The van der Waals surface area contributed by atoms with Crippen molar-refractivity contribution >= 4 is 5.95 Å². The van der Waals surface area contributed by atoms with Crippen molar-refractivity contribution in [1.82, 2.24) is 14.9 Å². The van der Waals surface area contributed by atoms with Gasteiger partial charge in [-0.3, -0.25) is 4.90 Å². The fraction of sp³-hybridized carbons (Fsp3) is 0.474. The molecule has 1 unspecified atom stereocenters. The molecule has 26 heavy (non-hydrogen) atoms. The highest BCUT2D eigenvalue weighted by molar-refractivity contribution is 5.45. The quantitative estimate of drug-likeness (QED) is 0.900. The van der Waals surface area contributed by atoms with Crippen LogP contribution in [0.15, 0.2) is 30.6 Å². The van der Waals surface area contributed by atoms with E-state index in [0.29, 0.717) is 12.8 Å². The van der Waals surface area contributed by atoms with Gasteiger partial charge in [-0.05, 0) is 31.5 Å². The average molecular weight is 356 g/mol. The molecule has 7 heteroatoms. The number of benzene rings is 1. The molecule has 7 nitrogen and oxygen atoms in total. The van der Waals surface area contributed by atoms with E-state index in [0.717, 1.165) is 49.2 Å². The van der Waals surface area contributed by atoms with Crippen LogP contribution in [0, 0.1) is 0 Å². The van der Waals surface area contributed by atoms with E-state index in [1.807, 2.05) is 6.07 Å². The normalized spacial score (nSPS) is 19.4. The summed E-state index contributed by atoms with van der Waals surface area (Å²) in [7, 11) is 0. The molecule has 2 aliphatic rings. The van der Waals surface area contributed by atoms with Crippen LogP contribution in [0.5, 0.6) is 11.5 Å². The molecular weight excluding hydrogens is 332 g/mol. The van der Waals surface area contributed by atoms with E-state index < -0.39 is 6.10 Å². The van der Waals surface area contributed by atoms with Crippen LogP contribution in [0.1, 0.15) is 37.1 Å². The maximum absolute atomic E-state index is 9.57. The molecule has 2 atom stereocenters. The Hall–Kier alpha value is -2.38. The number of ether oxygens (including phenoxy) is 2. The predicted octanol–water partition coefficient (Wildman–Crippen LogP) is 2.14. The minimum absolute atomic E-state index is 0.305. The van der Waals surface area contributed by atoms with E-state index in [9.17, 15) is 5.11 Å². The Morgan fingerprint density at radius 2 is 1.65 bits per heavy atom. The van der Waals surface area contributed by atoms with Crippen LogP contribution in [-0.4, -0.2) is 52.9 Å². The summed E-state index contributed by atoms with van der Waals surface area (Å²) < 4.78 is 10.9. The van der Waals surface area contributed by atoms with Crippen molar-refractivity contribution in [2.75, 3.05) is 37.9 Å². The minimum atomic E-state index is -0.538. The first kappa shape index (κ1) is 17.1. The van der Waals surface area contributed by atoms with Gasteiger partial charge >= 0.3 is 0 Å². The zero-order valence-corrected chi connectivity index (χ0v) is 15.1. The van der Waals surface area contributed by atoms with Crippen molar-refractivity contribution in [2.45, 2.75) is 26.0 Å². The lowest BCUT2D eigenvalue weighted by molar-refractivity contribution is 0.173. The first-order valence-corrected chi connectivity index (χ1v) is 9.00. The summed E-state index contributed by atoms with van der Waals surface area (Å²) in [4.78, 5) is 13.4. The number of aliphatic hydroxyl groups is 1. The largest absolute Gasteiger partial charge is 0.454 e. The Bertz CT molecular complexity index is 758. The molecule has 2 aliphatic heterocycles. The van der Waals surface area contributed by atoms with Gasteiger partial charge in [0, 0.05) is 50.2 Å². The van der Waals surface area contributed by atoms with E-state index >= 15 is 0 Å². The number of aromatic nitrogens is 2. The van der Waals surface area contributed by atoms with Crippen LogP contribution in [0.25, 0.3) is 0 Å². The third-order valence-electron chi connectivity index (χ3n) is 5.16. The summed E-state index contributed by atoms with van der Waals surface area (Å²) in [5.74, 6) is 2.38. The minimum Gasteiger partial charge on any atom is -0.454 e. The lowest BCUT2D eigenvalue weighted by atomic mass is 10.1. The van der Waals surface area contributed by atoms with Gasteiger partial charge in [-0.2, -0.15) is 0 Å². The summed E-state index contributed by atoms with van der Waals surface area (Å²) in [5, 5.41) is 9.57. The first-order valence-electron chi connectivity index (χ1n) is 9.00. The highest BCUT2D eigenvalue weighted by atomic mass is 16.7. The first-order chi connectivity index (χ1) is 12.6. The van der Waals surface area contributed by atoms with Crippen molar-refractivity contribution in [3.8, 4) is 11.5 Å². The summed E-state index contributed by atoms with van der Waals surface area (Å²) in [6.45, 7) is 7.88. The Labute approximate surface area is 153 Å². The number of rotatable bonds is 4. The van der Waals surface area contributed by atoms with Crippen LogP contribution < -0.4 is 14.4 Å². The highest BCUT2D eigenvalue weighted by Crippen LogP contribution is 2.35. The molecule has 4 rings (SSSR count). The molecule has 3 heterocycles. The molecule has 2 aromatic rings. The summed E-state index contributed by atoms with van der Waals surface area (Å²) in [6.07, 6.45) is 2.87. The smallest absolute Gasteiger partial charge is 0.231 e. The Morgan fingerprint density at radius 3 is 2.35 bits per heavy atom. The topological polar surface area (TPSA) is 71.0 Å². The van der Waals surface area contributed by atoms with Gasteiger partial charge in [0.1, 0.15) is 0 Å². The number of piperazine rings is 1. The molecule has 0 bridgehead atoms. The molecule has 1 fully saturated rings. The second-order valence-corrected chi connectivity index (χ2v) is 6.80. The second-order valence-electron chi connectivity index (χ2n) is 6.80. The molecule has 1 aromatic carbocycles. The van der Waals surface area contributed by atoms with E-state index in [1.54, 1.807) is 19.3 Å². The van der Waals surface area contributed by atoms with E-state index in [-0.39, 0.29) is 0 Å². The maximum atomic E-state index is 9.57. The number of anilines is 1. The Balaban J connectivity index is 1.38. The van der Waals surface area contributed by atoms with Crippen LogP contribution in [0.3, 0.4) is 0 Å². The number of aliphatic hydroxyl groups excluding tert-OH is 1. The molecule has 0 amide bonds. The van der Waals surface area contributed by atoms with E-state index in [2.05, 4.69) is 38.8 Å². The molecule has 0 radical (unpaired) electrons. The van der Waals surface area contributed by atoms with Gasteiger partial charge in [0.05, 0.1) is 6.10 Å². The lowest BCUT2D eigenvalue weighted by Crippen LogP contribution is -2.47. The third kappa shape index (κ3) is 3.32. The van der Waals surface area contributed by atoms with Gasteiger partial charge in [0.15, 0.2) is 11.5 Å². The van der Waals surface area contributed by atoms with Crippen LogP contribution in [-0.2, 0) is 0 Å². The number of nitrogens with zero attached hydrogens (tertiary/aromatic N) is 4. The molecular formula is C19H24N4O3. The van der Waals surface area contributed by atoms with Gasteiger partial charge in [-0.1, -0.05) is 6.07 Å². The monoisotopic (exact) mass is 356 g/mol. The highest BCUT2D eigenvalue weighted by Gasteiger charge is 2.25. The molecule has 0 saturated carbocycles. The van der Waals surface area contributed by atoms with Crippen LogP contribution in [0.2, 0.25) is 0 Å². The fourth-order valence-electron chi connectivity index (χ4n) is 3.40. The average Bonchev–Trinajstić information content (AvgIpc) is 3.15. The Kier molecular flexibility index (Phi) is 4.65. The summed E-state index contributed by atoms with van der Waals surface area (Å²) in [6, 6.07) is 6.49. The van der Waals surface area contributed by atoms with Crippen molar-refractivity contribution in [1.29, 1.82) is 0 Å². The molecule has 0 aliphatic carbocycles. The number of hydrogen-bond acceptors (Lipinski definition) is 7. The van der Waals surface area contributed by atoms with Crippen molar-refractivity contribution < 1.29 is 14.6 Å². The molecule has 138 valence electrons. The van der Waals surface area contributed by atoms with Crippen molar-refractivity contribution in [3.05, 3.63) is 41.7 Å². The molecule has 1 aromatic heterocycles. The molecule has 1 saturated heterocycles. The van der Waals surface area contributed by atoms with E-state index in [4.69, 9.17) is 9.47 Å². The SMILES string of the molecule is CC(c1ccc2c(c1)OCO2)N1CCN(c2ncc([C@@H](C)O)cn2)CC1. The van der Waals surface area contributed by atoms with Gasteiger partial charge in [-0.15, -0.1) is 0 Å². The molecule has 1 N–H and O–H groups in total. The summed E-state index contributed by atoms with van der Waals surface area (Å²) >= 11 is 0. The Morgan fingerprint density at radius 1 is 0.962 bits per heavy atom. The van der Waals surface area contributed by atoms with E-state index in [1.165, 1.54) is 5.56 Å². The lowest BCUT2D eigenvalue weighted by Gasteiger charge is -2.38. The summed E-state index contributed by atoms with van der Waals surface area (Å²) in [5.41, 5.74) is 1.98. The van der Waals surface area contributed by atoms with Gasteiger partial charge in [0.25, 0.3) is 0 Å². The standard InChI is InChI=1S/C19H24N4O3/c1-13(15-3-4-17-18(9-15)26-12-25-17)22-5-7-23(8-6-22)19-20-10-16(11-21-19)14(2)24/h3-4,9-11,13-14,24H,5-8,12H2,1-2H3/t13?,14-/m1/s1. The van der Waals surface area contributed by atoms with Gasteiger partial charge < -0.3 is 19.5 Å². The fourth-order valence-corrected chi connectivity index (χ4v) is 3.40. The van der Waals surface area contributed by atoms with Gasteiger partial charge in [-0.25, -0.2) is 9.97 Å².